The number of benzene rings is 1. The van der Waals surface area contributed by atoms with E-state index in [1.807, 2.05) is 37.4 Å². The van der Waals surface area contributed by atoms with Crippen LogP contribution in [0.5, 0.6) is 11.5 Å². The summed E-state index contributed by atoms with van der Waals surface area (Å²) in [6, 6.07) is 9.70. The standard InChI is InChI=1S/C13H13BrN2O/c1-15-8-10-7-11(14)4-5-13(10)17-12-3-2-6-16-9-12/h2-7,9,15H,8H2,1H3. The molecule has 0 unspecified atom stereocenters. The Hall–Kier alpha value is -1.39. The third-order valence-corrected chi connectivity index (χ3v) is 2.75. The topological polar surface area (TPSA) is 34.1 Å². The second-order valence-electron chi connectivity index (χ2n) is 3.57. The molecule has 0 fully saturated rings. The van der Waals surface area contributed by atoms with Crippen LogP contribution in [0.25, 0.3) is 0 Å². The Labute approximate surface area is 109 Å². The van der Waals surface area contributed by atoms with Gasteiger partial charge in [-0.15, -0.1) is 0 Å². The average molecular weight is 293 g/mol. The Bertz CT molecular complexity index is 488. The lowest BCUT2D eigenvalue weighted by Gasteiger charge is -2.11. The van der Waals surface area contributed by atoms with E-state index in [0.717, 1.165) is 28.1 Å². The van der Waals surface area contributed by atoms with E-state index in [0.29, 0.717) is 0 Å². The summed E-state index contributed by atoms with van der Waals surface area (Å²) in [5.74, 6) is 1.59. The number of halogens is 1. The maximum absolute atomic E-state index is 5.79. The van der Waals surface area contributed by atoms with Crippen LogP contribution in [-0.2, 0) is 6.54 Å². The first-order valence-corrected chi connectivity index (χ1v) is 6.10. The summed E-state index contributed by atoms with van der Waals surface area (Å²) in [6.07, 6.45) is 3.42. The van der Waals surface area contributed by atoms with Crippen LogP contribution in [0.4, 0.5) is 0 Å². The predicted molar refractivity (Wildman–Crippen MR) is 71.2 cm³/mol. The molecule has 2 aromatic rings. The second-order valence-corrected chi connectivity index (χ2v) is 4.49. The molecule has 0 saturated carbocycles. The van der Waals surface area contributed by atoms with Gasteiger partial charge in [0, 0.05) is 22.8 Å². The molecule has 17 heavy (non-hydrogen) atoms. The van der Waals surface area contributed by atoms with Crippen LogP contribution >= 0.6 is 15.9 Å². The van der Waals surface area contributed by atoms with Crippen molar-refractivity contribution < 1.29 is 4.74 Å². The van der Waals surface area contributed by atoms with Crippen LogP contribution < -0.4 is 10.1 Å². The van der Waals surface area contributed by atoms with Gasteiger partial charge in [0.2, 0.25) is 0 Å². The fourth-order valence-electron chi connectivity index (χ4n) is 1.51. The Kier molecular flexibility index (Phi) is 4.12. The number of aromatic nitrogens is 1. The molecule has 1 aromatic heterocycles. The Morgan fingerprint density at radius 3 is 2.94 bits per heavy atom. The van der Waals surface area contributed by atoms with Crippen molar-refractivity contribution in [3.8, 4) is 11.5 Å². The van der Waals surface area contributed by atoms with Crippen LogP contribution in [0, 0.1) is 0 Å². The minimum absolute atomic E-state index is 0.743. The molecular weight excluding hydrogens is 280 g/mol. The molecule has 0 aliphatic heterocycles. The summed E-state index contributed by atoms with van der Waals surface area (Å²) in [6.45, 7) is 0.759. The van der Waals surface area contributed by atoms with Crippen molar-refractivity contribution >= 4 is 15.9 Å². The average Bonchev–Trinajstić information content (AvgIpc) is 2.34. The first-order valence-electron chi connectivity index (χ1n) is 5.30. The van der Waals surface area contributed by atoms with Crippen molar-refractivity contribution in [3.05, 3.63) is 52.8 Å². The van der Waals surface area contributed by atoms with E-state index >= 15 is 0 Å². The fourth-order valence-corrected chi connectivity index (χ4v) is 1.92. The molecule has 1 heterocycles. The highest BCUT2D eigenvalue weighted by atomic mass is 79.9. The molecule has 88 valence electrons. The summed E-state index contributed by atoms with van der Waals surface area (Å²) in [5, 5.41) is 3.12. The summed E-state index contributed by atoms with van der Waals surface area (Å²) in [4.78, 5) is 4.02. The Morgan fingerprint density at radius 2 is 2.24 bits per heavy atom. The van der Waals surface area contributed by atoms with Gasteiger partial charge in [0.05, 0.1) is 6.20 Å². The normalized spacial score (nSPS) is 10.2. The molecule has 4 heteroatoms. The van der Waals surface area contributed by atoms with Gasteiger partial charge in [-0.2, -0.15) is 0 Å². The highest BCUT2D eigenvalue weighted by Crippen LogP contribution is 2.27. The summed E-state index contributed by atoms with van der Waals surface area (Å²) < 4.78 is 6.84. The molecule has 0 atom stereocenters. The number of rotatable bonds is 4. The molecule has 0 amide bonds. The number of nitrogens with zero attached hydrogens (tertiary/aromatic N) is 1. The van der Waals surface area contributed by atoms with Crippen molar-refractivity contribution in [2.24, 2.45) is 0 Å². The molecule has 0 radical (unpaired) electrons. The summed E-state index contributed by atoms with van der Waals surface area (Å²) in [7, 11) is 1.91. The number of pyridine rings is 1. The minimum atomic E-state index is 0.743. The van der Waals surface area contributed by atoms with Crippen molar-refractivity contribution in [2.75, 3.05) is 7.05 Å². The van der Waals surface area contributed by atoms with Gasteiger partial charge >= 0.3 is 0 Å². The van der Waals surface area contributed by atoms with Gasteiger partial charge < -0.3 is 10.1 Å². The van der Waals surface area contributed by atoms with Gasteiger partial charge in [0.25, 0.3) is 0 Å². The van der Waals surface area contributed by atoms with Crippen LogP contribution in [-0.4, -0.2) is 12.0 Å². The van der Waals surface area contributed by atoms with E-state index in [9.17, 15) is 0 Å². The molecular formula is C13H13BrN2O. The first-order chi connectivity index (χ1) is 8.29. The van der Waals surface area contributed by atoms with Gasteiger partial charge in [-0.05, 0) is 37.4 Å². The number of nitrogens with one attached hydrogen (secondary N) is 1. The highest BCUT2D eigenvalue weighted by molar-refractivity contribution is 9.10. The summed E-state index contributed by atoms with van der Waals surface area (Å²) in [5.41, 5.74) is 1.10. The van der Waals surface area contributed by atoms with E-state index in [-0.39, 0.29) is 0 Å². The van der Waals surface area contributed by atoms with E-state index in [2.05, 4.69) is 26.2 Å². The third-order valence-electron chi connectivity index (χ3n) is 2.25. The van der Waals surface area contributed by atoms with Crippen molar-refractivity contribution in [2.45, 2.75) is 6.54 Å². The number of ether oxygens (including phenoxy) is 1. The fraction of sp³-hybridized carbons (Fsp3) is 0.154. The zero-order valence-corrected chi connectivity index (χ0v) is 11.1. The Balaban J connectivity index is 2.26. The van der Waals surface area contributed by atoms with Crippen LogP contribution in [0.1, 0.15) is 5.56 Å². The lowest BCUT2D eigenvalue weighted by molar-refractivity contribution is 0.472. The van der Waals surface area contributed by atoms with Crippen molar-refractivity contribution in [1.82, 2.24) is 10.3 Å². The van der Waals surface area contributed by atoms with E-state index in [1.54, 1.807) is 12.4 Å². The van der Waals surface area contributed by atoms with E-state index in [4.69, 9.17) is 4.74 Å². The molecule has 0 aliphatic carbocycles. The van der Waals surface area contributed by atoms with Crippen LogP contribution in [0.15, 0.2) is 47.2 Å². The molecule has 0 bridgehead atoms. The SMILES string of the molecule is CNCc1cc(Br)ccc1Oc1cccnc1. The molecule has 1 aromatic carbocycles. The zero-order chi connectivity index (χ0) is 12.1. The van der Waals surface area contributed by atoms with Crippen molar-refractivity contribution in [1.29, 1.82) is 0 Å². The van der Waals surface area contributed by atoms with Crippen LogP contribution in [0.2, 0.25) is 0 Å². The number of hydrogen-bond donors (Lipinski definition) is 1. The lowest BCUT2D eigenvalue weighted by Crippen LogP contribution is -2.06. The van der Waals surface area contributed by atoms with Crippen LogP contribution in [0.3, 0.4) is 0 Å². The van der Waals surface area contributed by atoms with E-state index in [1.165, 1.54) is 0 Å². The maximum Gasteiger partial charge on any atom is 0.145 e. The van der Waals surface area contributed by atoms with Gasteiger partial charge in [-0.1, -0.05) is 15.9 Å². The first kappa shape index (κ1) is 12.1. The molecule has 3 nitrogen and oxygen atoms in total. The zero-order valence-electron chi connectivity index (χ0n) is 9.48. The molecule has 0 saturated heterocycles. The minimum Gasteiger partial charge on any atom is -0.455 e. The van der Waals surface area contributed by atoms with E-state index < -0.39 is 0 Å². The van der Waals surface area contributed by atoms with Gasteiger partial charge in [-0.3, -0.25) is 4.98 Å². The van der Waals surface area contributed by atoms with Crippen molar-refractivity contribution in [3.63, 3.8) is 0 Å². The van der Waals surface area contributed by atoms with Gasteiger partial charge in [-0.25, -0.2) is 0 Å². The molecule has 1 N–H and O–H groups in total. The van der Waals surface area contributed by atoms with Gasteiger partial charge in [0.1, 0.15) is 11.5 Å². The van der Waals surface area contributed by atoms with Gasteiger partial charge in [0.15, 0.2) is 0 Å². The lowest BCUT2D eigenvalue weighted by atomic mass is 10.2. The largest absolute Gasteiger partial charge is 0.455 e. The Morgan fingerprint density at radius 1 is 1.35 bits per heavy atom. The molecule has 2 rings (SSSR count). The predicted octanol–water partition coefficient (Wildman–Crippen LogP) is 3.36. The third kappa shape index (κ3) is 3.28. The smallest absolute Gasteiger partial charge is 0.145 e. The maximum atomic E-state index is 5.79. The number of hydrogen-bond acceptors (Lipinski definition) is 3. The highest BCUT2D eigenvalue weighted by Gasteiger charge is 2.05. The monoisotopic (exact) mass is 292 g/mol. The second kappa shape index (κ2) is 5.80. The molecule has 0 spiro atoms. The summed E-state index contributed by atoms with van der Waals surface area (Å²) >= 11 is 3.46. The quantitative estimate of drug-likeness (QED) is 0.938. The molecule has 0 aliphatic rings.